The number of hydrazine groups is 1. The van der Waals surface area contributed by atoms with Crippen molar-refractivity contribution >= 4 is 16.7 Å². The Balaban J connectivity index is 2.44. The van der Waals surface area contributed by atoms with Crippen molar-refractivity contribution in [3.63, 3.8) is 0 Å². The zero-order chi connectivity index (χ0) is 12.3. The van der Waals surface area contributed by atoms with Gasteiger partial charge in [0, 0.05) is 7.11 Å². The number of carbonyl (C=O) groups excluding carboxylic acids is 1. The molecule has 0 saturated heterocycles. The Labute approximate surface area is 99.3 Å². The lowest BCUT2D eigenvalue weighted by atomic mass is 10.0. The van der Waals surface area contributed by atoms with Crippen LogP contribution in [0.25, 0.3) is 10.8 Å². The van der Waals surface area contributed by atoms with Gasteiger partial charge in [-0.2, -0.15) is 0 Å². The third-order valence-electron chi connectivity index (χ3n) is 2.69. The fourth-order valence-electron chi connectivity index (χ4n) is 1.84. The number of hydrogen-bond donors (Lipinski definition) is 2. The molecule has 0 heterocycles. The van der Waals surface area contributed by atoms with Crippen LogP contribution in [-0.4, -0.2) is 13.0 Å². The summed E-state index contributed by atoms with van der Waals surface area (Å²) < 4.78 is 5.15. The highest BCUT2D eigenvalue weighted by Crippen LogP contribution is 2.22. The van der Waals surface area contributed by atoms with E-state index in [2.05, 4.69) is 5.43 Å². The number of nitrogens with one attached hydrogen (secondary N) is 1. The van der Waals surface area contributed by atoms with Gasteiger partial charge in [-0.05, 0) is 22.4 Å². The van der Waals surface area contributed by atoms with Crippen molar-refractivity contribution in [1.29, 1.82) is 0 Å². The Hall–Kier alpha value is -1.91. The summed E-state index contributed by atoms with van der Waals surface area (Å²) in [6, 6.07) is 13.7. The number of fused-ring (bicyclic) bond motifs is 1. The molecule has 0 aromatic heterocycles. The second-order valence-corrected chi connectivity index (χ2v) is 3.73. The third-order valence-corrected chi connectivity index (χ3v) is 2.69. The van der Waals surface area contributed by atoms with Crippen LogP contribution in [-0.2, 0) is 9.53 Å². The monoisotopic (exact) mass is 230 g/mol. The number of methoxy groups -OCH3 is 1. The Morgan fingerprint density at radius 3 is 2.59 bits per heavy atom. The molecule has 0 spiro atoms. The lowest BCUT2D eigenvalue weighted by Gasteiger charge is -2.14. The molecule has 2 rings (SSSR count). The van der Waals surface area contributed by atoms with Gasteiger partial charge in [0.25, 0.3) is 5.91 Å². The van der Waals surface area contributed by atoms with E-state index in [1.807, 2.05) is 42.5 Å². The number of nitrogens with two attached hydrogens (primary N) is 1. The summed E-state index contributed by atoms with van der Waals surface area (Å²) in [5.41, 5.74) is 2.88. The van der Waals surface area contributed by atoms with Gasteiger partial charge in [-0.3, -0.25) is 10.2 Å². The summed E-state index contributed by atoms with van der Waals surface area (Å²) in [5.74, 6) is 4.76. The molecule has 1 amide bonds. The number of carbonyl (C=O) groups is 1. The van der Waals surface area contributed by atoms with Gasteiger partial charge in [0.1, 0.15) is 0 Å². The molecule has 2 aromatic carbocycles. The quantitative estimate of drug-likeness (QED) is 0.477. The van der Waals surface area contributed by atoms with Crippen molar-refractivity contribution in [1.82, 2.24) is 5.43 Å². The van der Waals surface area contributed by atoms with E-state index in [0.717, 1.165) is 16.3 Å². The summed E-state index contributed by atoms with van der Waals surface area (Å²) in [6.45, 7) is 0. The summed E-state index contributed by atoms with van der Waals surface area (Å²) in [6.07, 6.45) is -0.676. The van der Waals surface area contributed by atoms with Crippen LogP contribution in [0, 0.1) is 0 Å². The normalized spacial score (nSPS) is 12.4. The van der Waals surface area contributed by atoms with Crippen molar-refractivity contribution < 1.29 is 9.53 Å². The molecular weight excluding hydrogens is 216 g/mol. The smallest absolute Gasteiger partial charge is 0.267 e. The van der Waals surface area contributed by atoms with Gasteiger partial charge in [-0.15, -0.1) is 0 Å². The molecule has 0 radical (unpaired) electrons. The summed E-state index contributed by atoms with van der Waals surface area (Å²) in [7, 11) is 1.48. The first-order valence-electron chi connectivity index (χ1n) is 5.28. The highest BCUT2D eigenvalue weighted by atomic mass is 16.5. The standard InChI is InChI=1S/C13H14N2O2/c1-17-12(13(16)15-14)11-7-6-9-4-2-3-5-10(9)8-11/h2-8,12H,14H2,1H3,(H,15,16). The summed E-state index contributed by atoms with van der Waals surface area (Å²) in [4.78, 5) is 11.5. The van der Waals surface area contributed by atoms with Gasteiger partial charge in [0.15, 0.2) is 6.10 Å². The highest BCUT2D eigenvalue weighted by Gasteiger charge is 2.18. The van der Waals surface area contributed by atoms with E-state index in [-0.39, 0.29) is 5.91 Å². The van der Waals surface area contributed by atoms with Crippen LogP contribution in [0.1, 0.15) is 11.7 Å². The third kappa shape index (κ3) is 2.27. The topological polar surface area (TPSA) is 64.3 Å². The molecule has 2 aromatic rings. The number of ether oxygens (including phenoxy) is 1. The van der Waals surface area contributed by atoms with E-state index in [4.69, 9.17) is 10.6 Å². The molecule has 1 atom stereocenters. The van der Waals surface area contributed by atoms with E-state index in [1.54, 1.807) is 0 Å². The molecule has 4 nitrogen and oxygen atoms in total. The van der Waals surface area contributed by atoms with E-state index in [1.165, 1.54) is 7.11 Å². The molecule has 0 aliphatic carbocycles. The maximum atomic E-state index is 11.5. The van der Waals surface area contributed by atoms with Crippen LogP contribution in [0.2, 0.25) is 0 Å². The summed E-state index contributed by atoms with van der Waals surface area (Å²) in [5, 5.41) is 2.19. The van der Waals surface area contributed by atoms with Crippen molar-refractivity contribution in [2.75, 3.05) is 7.11 Å². The number of benzene rings is 2. The zero-order valence-electron chi connectivity index (χ0n) is 9.51. The molecule has 88 valence electrons. The maximum Gasteiger partial charge on any atom is 0.267 e. The molecule has 0 bridgehead atoms. The van der Waals surface area contributed by atoms with Crippen LogP contribution in [0.5, 0.6) is 0 Å². The van der Waals surface area contributed by atoms with E-state index in [0.29, 0.717) is 0 Å². The number of rotatable bonds is 3. The van der Waals surface area contributed by atoms with E-state index >= 15 is 0 Å². The number of amides is 1. The predicted molar refractivity (Wildman–Crippen MR) is 66.0 cm³/mol. The van der Waals surface area contributed by atoms with Crippen molar-refractivity contribution in [2.45, 2.75) is 6.10 Å². The average Bonchev–Trinajstić information content (AvgIpc) is 2.39. The molecule has 1 unspecified atom stereocenters. The minimum absolute atomic E-state index is 0.359. The first-order chi connectivity index (χ1) is 8.26. The molecule has 17 heavy (non-hydrogen) atoms. The van der Waals surface area contributed by atoms with Gasteiger partial charge < -0.3 is 4.74 Å². The van der Waals surface area contributed by atoms with Crippen LogP contribution in [0.3, 0.4) is 0 Å². The first-order valence-corrected chi connectivity index (χ1v) is 5.28. The largest absolute Gasteiger partial charge is 0.367 e. The van der Waals surface area contributed by atoms with Crippen molar-refractivity contribution in [3.8, 4) is 0 Å². The first kappa shape index (κ1) is 11.6. The zero-order valence-corrected chi connectivity index (χ0v) is 9.51. The maximum absolute atomic E-state index is 11.5. The van der Waals surface area contributed by atoms with Gasteiger partial charge in [0.2, 0.25) is 0 Å². The average molecular weight is 230 g/mol. The fourth-order valence-corrected chi connectivity index (χ4v) is 1.84. The van der Waals surface area contributed by atoms with Gasteiger partial charge in [0.05, 0.1) is 0 Å². The Kier molecular flexibility index (Phi) is 3.37. The van der Waals surface area contributed by atoms with Gasteiger partial charge >= 0.3 is 0 Å². The molecule has 0 saturated carbocycles. The molecular formula is C13H14N2O2. The van der Waals surface area contributed by atoms with Gasteiger partial charge in [-0.25, -0.2) is 5.84 Å². The minimum Gasteiger partial charge on any atom is -0.367 e. The lowest BCUT2D eigenvalue weighted by molar-refractivity contribution is -0.131. The molecule has 3 N–H and O–H groups in total. The number of hydrogen-bond acceptors (Lipinski definition) is 3. The predicted octanol–water partition coefficient (Wildman–Crippen LogP) is 1.52. The minimum atomic E-state index is -0.676. The van der Waals surface area contributed by atoms with E-state index < -0.39 is 6.10 Å². The Morgan fingerprint density at radius 1 is 1.24 bits per heavy atom. The van der Waals surface area contributed by atoms with Crippen LogP contribution >= 0.6 is 0 Å². The van der Waals surface area contributed by atoms with Crippen LogP contribution in [0.15, 0.2) is 42.5 Å². The van der Waals surface area contributed by atoms with Crippen LogP contribution in [0.4, 0.5) is 0 Å². The second-order valence-electron chi connectivity index (χ2n) is 3.73. The molecule has 0 aliphatic rings. The molecule has 4 heteroatoms. The molecule has 0 fully saturated rings. The Bertz CT molecular complexity index is 540. The van der Waals surface area contributed by atoms with Crippen LogP contribution < -0.4 is 11.3 Å². The van der Waals surface area contributed by atoms with E-state index in [9.17, 15) is 4.79 Å². The highest BCUT2D eigenvalue weighted by molar-refractivity contribution is 5.86. The molecule has 0 aliphatic heterocycles. The summed E-state index contributed by atoms with van der Waals surface area (Å²) >= 11 is 0. The van der Waals surface area contributed by atoms with Crippen molar-refractivity contribution in [3.05, 3.63) is 48.0 Å². The van der Waals surface area contributed by atoms with Crippen molar-refractivity contribution in [2.24, 2.45) is 5.84 Å². The van der Waals surface area contributed by atoms with Gasteiger partial charge in [-0.1, -0.05) is 36.4 Å². The second kappa shape index (κ2) is 4.95. The Morgan fingerprint density at radius 2 is 1.94 bits per heavy atom. The fraction of sp³-hybridized carbons (Fsp3) is 0.154. The SMILES string of the molecule is COC(C(=O)NN)c1ccc2ccccc2c1. The lowest BCUT2D eigenvalue weighted by Crippen LogP contribution is -2.35.